The number of hydrogen-bond acceptors (Lipinski definition) is 5. The van der Waals surface area contributed by atoms with Crippen LogP contribution in [0.2, 0.25) is 0 Å². The summed E-state index contributed by atoms with van der Waals surface area (Å²) in [4.78, 5) is 16.8. The predicted molar refractivity (Wildman–Crippen MR) is 111 cm³/mol. The zero-order valence-electron chi connectivity index (χ0n) is 17.4. The minimum Gasteiger partial charge on any atom is -0.460 e. The van der Waals surface area contributed by atoms with Gasteiger partial charge in [0.25, 0.3) is 0 Å². The number of nitrogens with two attached hydrogens (primary N) is 1. The summed E-state index contributed by atoms with van der Waals surface area (Å²) in [5.41, 5.74) is 6.36. The number of carbonyl (C=O) groups is 1. The van der Waals surface area contributed by atoms with Crippen molar-refractivity contribution in [2.45, 2.75) is 52.1 Å². The monoisotopic (exact) mass is 391 g/mol. The molecule has 0 radical (unpaired) electrons. The van der Waals surface area contributed by atoms with E-state index >= 15 is 0 Å². The molecule has 0 atom stereocenters. The summed E-state index contributed by atoms with van der Waals surface area (Å²) in [6.07, 6.45) is 3.89. The number of nitrogens with zero attached hydrogens (tertiary/aromatic N) is 2. The van der Waals surface area contributed by atoms with E-state index in [-0.39, 0.29) is 17.7 Å². The van der Waals surface area contributed by atoms with Gasteiger partial charge in [0.2, 0.25) is 0 Å². The number of carbonyl (C=O) groups excluding carboxylic acids is 1. The number of piperidine rings is 2. The van der Waals surface area contributed by atoms with Crippen LogP contribution in [0.25, 0.3) is 0 Å². The highest BCUT2D eigenvalue weighted by Gasteiger charge is 2.30. The molecule has 0 bridgehead atoms. The number of benzene rings is 1. The molecule has 1 aromatic rings. The van der Waals surface area contributed by atoms with Crippen LogP contribution in [0.3, 0.4) is 0 Å². The van der Waals surface area contributed by atoms with E-state index in [1.807, 2.05) is 20.8 Å². The molecule has 0 aromatic heterocycles. The lowest BCUT2D eigenvalue weighted by Gasteiger charge is -2.38. The molecule has 2 saturated heterocycles. The summed E-state index contributed by atoms with van der Waals surface area (Å²) in [6, 6.07) is 4.95. The maximum absolute atomic E-state index is 14.1. The Morgan fingerprint density at radius 1 is 1.14 bits per heavy atom. The fraction of sp³-hybridized carbons (Fsp3) is 0.682. The molecule has 5 nitrogen and oxygen atoms in total. The van der Waals surface area contributed by atoms with Gasteiger partial charge in [-0.05, 0) is 83.7 Å². The van der Waals surface area contributed by atoms with Crippen molar-refractivity contribution in [3.8, 4) is 0 Å². The Balaban J connectivity index is 1.42. The Morgan fingerprint density at radius 2 is 1.79 bits per heavy atom. The Kier molecular flexibility index (Phi) is 6.48. The van der Waals surface area contributed by atoms with Gasteiger partial charge in [0.15, 0.2) is 0 Å². The molecule has 3 rings (SSSR count). The molecule has 156 valence electrons. The van der Waals surface area contributed by atoms with Crippen LogP contribution in [0.5, 0.6) is 0 Å². The Morgan fingerprint density at radius 3 is 2.36 bits per heavy atom. The summed E-state index contributed by atoms with van der Waals surface area (Å²) in [7, 11) is 0. The molecule has 0 amide bonds. The predicted octanol–water partition coefficient (Wildman–Crippen LogP) is 3.68. The van der Waals surface area contributed by atoms with Crippen molar-refractivity contribution in [1.82, 2.24) is 4.90 Å². The van der Waals surface area contributed by atoms with E-state index in [9.17, 15) is 9.18 Å². The lowest BCUT2D eigenvalue weighted by molar-refractivity contribution is -0.161. The molecule has 2 fully saturated rings. The van der Waals surface area contributed by atoms with Crippen LogP contribution < -0.4 is 10.6 Å². The molecule has 0 spiro atoms. The van der Waals surface area contributed by atoms with Crippen molar-refractivity contribution in [2.75, 3.05) is 43.4 Å². The third-order valence-electron chi connectivity index (χ3n) is 5.77. The first kappa shape index (κ1) is 20.9. The van der Waals surface area contributed by atoms with Gasteiger partial charge in [-0.15, -0.1) is 0 Å². The van der Waals surface area contributed by atoms with Gasteiger partial charge in [0.05, 0.1) is 11.6 Å². The van der Waals surface area contributed by atoms with Gasteiger partial charge >= 0.3 is 5.97 Å². The van der Waals surface area contributed by atoms with Crippen molar-refractivity contribution in [1.29, 1.82) is 0 Å². The van der Waals surface area contributed by atoms with Crippen LogP contribution in [-0.2, 0) is 9.53 Å². The van der Waals surface area contributed by atoms with Crippen molar-refractivity contribution in [3.05, 3.63) is 24.0 Å². The zero-order chi connectivity index (χ0) is 20.3. The highest BCUT2D eigenvalue weighted by molar-refractivity contribution is 5.73. The molecule has 0 unspecified atom stereocenters. The molecular weight excluding hydrogens is 357 g/mol. The molecule has 6 heteroatoms. The van der Waals surface area contributed by atoms with Crippen molar-refractivity contribution < 1.29 is 13.9 Å². The molecule has 2 aliphatic rings. The van der Waals surface area contributed by atoms with Crippen molar-refractivity contribution >= 4 is 17.3 Å². The van der Waals surface area contributed by atoms with E-state index in [0.29, 0.717) is 17.3 Å². The van der Waals surface area contributed by atoms with Crippen LogP contribution in [0.4, 0.5) is 15.8 Å². The van der Waals surface area contributed by atoms with Gasteiger partial charge in [-0.1, -0.05) is 0 Å². The number of hydrogen-bond donors (Lipinski definition) is 1. The fourth-order valence-corrected chi connectivity index (χ4v) is 4.24. The molecule has 2 heterocycles. The molecule has 28 heavy (non-hydrogen) atoms. The Bertz CT molecular complexity index is 673. The van der Waals surface area contributed by atoms with Crippen molar-refractivity contribution in [2.24, 2.45) is 11.8 Å². The largest absolute Gasteiger partial charge is 0.460 e. The molecule has 2 aliphatic heterocycles. The number of halogens is 1. The lowest BCUT2D eigenvalue weighted by atomic mass is 9.92. The second-order valence-electron chi connectivity index (χ2n) is 9.25. The summed E-state index contributed by atoms with van der Waals surface area (Å²) >= 11 is 0. The van der Waals surface area contributed by atoms with Crippen LogP contribution in [0.15, 0.2) is 18.2 Å². The summed E-state index contributed by atoms with van der Waals surface area (Å²) < 4.78 is 19.7. The first-order valence-corrected chi connectivity index (χ1v) is 10.5. The van der Waals surface area contributed by atoms with Gasteiger partial charge in [-0.2, -0.15) is 0 Å². The Labute approximate surface area is 168 Å². The van der Waals surface area contributed by atoms with E-state index in [0.717, 1.165) is 58.4 Å². The number of likely N-dealkylation sites (tertiary alicyclic amines) is 1. The normalized spacial score (nSPS) is 20.4. The standard InChI is InChI=1S/C22H34FN3O2/c1-22(2,3)28-21(27)17-8-10-25(11-9-17)15-16-6-12-26(13-7-16)20-5-4-18(24)14-19(20)23/h4-5,14,16-17H,6-13,15,24H2,1-3H3. The third-order valence-corrected chi connectivity index (χ3v) is 5.77. The summed E-state index contributed by atoms with van der Waals surface area (Å²) in [6.45, 7) is 10.5. The first-order valence-electron chi connectivity index (χ1n) is 10.5. The van der Waals surface area contributed by atoms with Crippen LogP contribution in [0, 0.1) is 17.7 Å². The number of nitrogen functional groups attached to an aromatic ring is 1. The van der Waals surface area contributed by atoms with Gasteiger partial charge in [0, 0.05) is 25.3 Å². The topological polar surface area (TPSA) is 58.8 Å². The van der Waals surface area contributed by atoms with E-state index in [1.165, 1.54) is 6.07 Å². The van der Waals surface area contributed by atoms with Gasteiger partial charge in [-0.3, -0.25) is 4.79 Å². The first-order chi connectivity index (χ1) is 13.2. The summed E-state index contributed by atoms with van der Waals surface area (Å²) in [5.74, 6) is 0.380. The second kappa shape index (κ2) is 8.68. The average Bonchev–Trinajstić information content (AvgIpc) is 2.62. The summed E-state index contributed by atoms with van der Waals surface area (Å²) in [5, 5.41) is 0. The molecule has 0 aliphatic carbocycles. The smallest absolute Gasteiger partial charge is 0.309 e. The van der Waals surface area contributed by atoms with E-state index < -0.39 is 5.60 Å². The zero-order valence-corrected chi connectivity index (χ0v) is 17.4. The highest BCUT2D eigenvalue weighted by atomic mass is 19.1. The Hall–Kier alpha value is -1.82. The van der Waals surface area contributed by atoms with Crippen LogP contribution >= 0.6 is 0 Å². The lowest BCUT2D eigenvalue weighted by Crippen LogP contribution is -2.43. The number of esters is 1. The molecule has 0 saturated carbocycles. The van der Waals surface area contributed by atoms with Gasteiger partial charge in [0.1, 0.15) is 11.4 Å². The molecule has 1 aromatic carbocycles. The maximum atomic E-state index is 14.1. The third kappa shape index (κ3) is 5.60. The van der Waals surface area contributed by atoms with Gasteiger partial charge in [-0.25, -0.2) is 4.39 Å². The van der Waals surface area contributed by atoms with Crippen molar-refractivity contribution in [3.63, 3.8) is 0 Å². The average molecular weight is 392 g/mol. The second-order valence-corrected chi connectivity index (χ2v) is 9.25. The van der Waals surface area contributed by atoms with Crippen LogP contribution in [0.1, 0.15) is 46.5 Å². The quantitative estimate of drug-likeness (QED) is 0.627. The van der Waals surface area contributed by atoms with Gasteiger partial charge < -0.3 is 20.3 Å². The van der Waals surface area contributed by atoms with E-state index in [2.05, 4.69) is 9.80 Å². The highest BCUT2D eigenvalue weighted by Crippen LogP contribution is 2.28. The number of ether oxygens (including phenoxy) is 1. The maximum Gasteiger partial charge on any atom is 0.309 e. The van der Waals surface area contributed by atoms with E-state index in [4.69, 9.17) is 10.5 Å². The number of anilines is 2. The number of rotatable bonds is 4. The molecule has 2 N–H and O–H groups in total. The molecular formula is C22H34FN3O2. The SMILES string of the molecule is CC(C)(C)OC(=O)C1CCN(CC2CCN(c3ccc(N)cc3F)CC2)CC1. The van der Waals surface area contributed by atoms with Crippen LogP contribution in [-0.4, -0.2) is 49.2 Å². The minimum absolute atomic E-state index is 0.0332. The fourth-order valence-electron chi connectivity index (χ4n) is 4.24. The van der Waals surface area contributed by atoms with E-state index in [1.54, 1.807) is 12.1 Å². The minimum atomic E-state index is -0.411.